The van der Waals surface area contributed by atoms with Crippen LogP contribution in [0.1, 0.15) is 91.9 Å². The standard InChI is InChI=1S/C23H40O3P2/c1-18(27-23(2,3)4)21-16-11-17-22(21)28(24,25-19-12-7-5-8-13-19)26-20-14-9-6-10-15-20/h11,16-21,27H,5-10,12-15H2,1-4H3/t18-,21?/m1/s1. The Kier molecular flexibility index (Phi) is 8.05. The van der Waals surface area contributed by atoms with Gasteiger partial charge in [-0.05, 0) is 36.5 Å². The van der Waals surface area contributed by atoms with Crippen LogP contribution in [-0.2, 0) is 13.6 Å². The van der Waals surface area contributed by atoms with Gasteiger partial charge in [0, 0.05) is 11.2 Å². The van der Waals surface area contributed by atoms with Crippen LogP contribution in [-0.4, -0.2) is 23.0 Å². The molecule has 0 aromatic heterocycles. The van der Waals surface area contributed by atoms with E-state index in [1.54, 1.807) is 0 Å². The lowest BCUT2D eigenvalue weighted by molar-refractivity contribution is 0.0817. The Balaban J connectivity index is 1.79. The van der Waals surface area contributed by atoms with Crippen LogP contribution in [0, 0.1) is 5.92 Å². The van der Waals surface area contributed by atoms with E-state index in [-0.39, 0.29) is 23.3 Å². The fourth-order valence-electron chi connectivity index (χ4n) is 4.83. The van der Waals surface area contributed by atoms with Crippen LogP contribution in [0.3, 0.4) is 0 Å². The molecule has 0 N–H and O–H groups in total. The van der Waals surface area contributed by atoms with Gasteiger partial charge in [-0.2, -0.15) is 0 Å². The topological polar surface area (TPSA) is 35.5 Å². The molecule has 5 heteroatoms. The first-order chi connectivity index (χ1) is 13.3. The molecule has 0 amide bonds. The third-order valence-electron chi connectivity index (χ3n) is 6.12. The second kappa shape index (κ2) is 9.91. The molecule has 0 bridgehead atoms. The Labute approximate surface area is 174 Å². The van der Waals surface area contributed by atoms with Crippen molar-refractivity contribution in [3.63, 3.8) is 0 Å². The predicted molar refractivity (Wildman–Crippen MR) is 122 cm³/mol. The van der Waals surface area contributed by atoms with Gasteiger partial charge >= 0.3 is 7.60 Å². The summed E-state index contributed by atoms with van der Waals surface area (Å²) in [5, 5.41) is 1.20. The molecule has 0 heterocycles. The predicted octanol–water partition coefficient (Wildman–Crippen LogP) is 7.81. The average molecular weight is 427 g/mol. The van der Waals surface area contributed by atoms with Crippen LogP contribution in [0.15, 0.2) is 23.5 Å². The molecule has 3 rings (SSSR count). The van der Waals surface area contributed by atoms with E-state index in [0.29, 0.717) is 5.66 Å². The molecule has 3 nitrogen and oxygen atoms in total. The smallest absolute Gasteiger partial charge is 0.302 e. The average Bonchev–Trinajstić information content (AvgIpc) is 3.13. The van der Waals surface area contributed by atoms with Crippen molar-refractivity contribution < 1.29 is 13.6 Å². The number of rotatable bonds is 7. The fourth-order valence-corrected chi connectivity index (χ4v) is 9.25. The highest BCUT2D eigenvalue weighted by atomic mass is 31.2. The lowest BCUT2D eigenvalue weighted by Gasteiger charge is -2.35. The molecular weight excluding hydrogens is 386 g/mol. The van der Waals surface area contributed by atoms with Gasteiger partial charge in [-0.15, -0.1) is 8.58 Å². The van der Waals surface area contributed by atoms with Crippen molar-refractivity contribution in [1.82, 2.24) is 0 Å². The molecule has 3 aliphatic carbocycles. The van der Waals surface area contributed by atoms with Crippen LogP contribution in [0.2, 0.25) is 0 Å². The van der Waals surface area contributed by atoms with Gasteiger partial charge in [0.05, 0.1) is 12.2 Å². The molecule has 160 valence electrons. The lowest BCUT2D eigenvalue weighted by atomic mass is 9.98. The second-order valence-electron chi connectivity index (χ2n) is 9.91. The second-order valence-corrected chi connectivity index (χ2v) is 14.5. The van der Waals surface area contributed by atoms with Gasteiger partial charge in [0.2, 0.25) is 0 Å². The van der Waals surface area contributed by atoms with Crippen molar-refractivity contribution in [2.45, 2.75) is 115 Å². The third-order valence-corrected chi connectivity index (χ3v) is 10.0. The van der Waals surface area contributed by atoms with Crippen molar-refractivity contribution in [2.75, 3.05) is 0 Å². The van der Waals surface area contributed by atoms with Gasteiger partial charge in [0.1, 0.15) is 0 Å². The normalized spacial score (nSPS) is 26.9. The summed E-state index contributed by atoms with van der Waals surface area (Å²) in [7, 11) is -2.47. The lowest BCUT2D eigenvalue weighted by Crippen LogP contribution is -2.24. The molecule has 0 aromatic rings. The monoisotopic (exact) mass is 426 g/mol. The molecule has 28 heavy (non-hydrogen) atoms. The summed E-state index contributed by atoms with van der Waals surface area (Å²) in [6, 6.07) is 0. The summed E-state index contributed by atoms with van der Waals surface area (Å²) in [5.74, 6) is 0.176. The zero-order valence-electron chi connectivity index (χ0n) is 18.3. The van der Waals surface area contributed by atoms with Crippen LogP contribution in [0.4, 0.5) is 0 Å². The van der Waals surface area contributed by atoms with Crippen molar-refractivity contribution in [3.8, 4) is 0 Å². The minimum absolute atomic E-state index is 0.0886. The van der Waals surface area contributed by atoms with Crippen molar-refractivity contribution in [3.05, 3.63) is 23.5 Å². The van der Waals surface area contributed by atoms with Crippen LogP contribution >= 0.6 is 16.2 Å². The zero-order valence-corrected chi connectivity index (χ0v) is 20.2. The number of allylic oxidation sites excluding steroid dienone is 4. The van der Waals surface area contributed by atoms with Gasteiger partial charge in [-0.3, -0.25) is 4.57 Å². The summed E-state index contributed by atoms with van der Waals surface area (Å²) < 4.78 is 27.1. The van der Waals surface area contributed by atoms with Crippen molar-refractivity contribution in [2.24, 2.45) is 5.92 Å². The van der Waals surface area contributed by atoms with E-state index >= 15 is 0 Å². The molecule has 2 fully saturated rings. The van der Waals surface area contributed by atoms with Gasteiger partial charge < -0.3 is 9.05 Å². The molecule has 0 aromatic carbocycles. The van der Waals surface area contributed by atoms with Crippen LogP contribution in [0.25, 0.3) is 0 Å². The maximum atomic E-state index is 14.3. The third kappa shape index (κ3) is 6.28. The van der Waals surface area contributed by atoms with Gasteiger partial charge in [0.15, 0.2) is 0 Å². The first kappa shape index (κ1) is 22.7. The molecule has 2 unspecified atom stereocenters. The summed E-state index contributed by atoms with van der Waals surface area (Å²) in [6.07, 6.45) is 17.8. The largest absolute Gasteiger partial charge is 0.358 e. The molecule has 2 saturated carbocycles. The Hall–Kier alpha value is 0.0600. The van der Waals surface area contributed by atoms with Crippen molar-refractivity contribution in [1.29, 1.82) is 0 Å². The van der Waals surface area contributed by atoms with Crippen LogP contribution < -0.4 is 0 Å². The van der Waals surface area contributed by atoms with E-state index in [2.05, 4.69) is 39.8 Å². The minimum atomic E-state index is -3.28. The molecule has 0 radical (unpaired) electrons. The Morgan fingerprint density at radius 1 is 0.964 bits per heavy atom. The maximum Gasteiger partial charge on any atom is 0.358 e. The first-order valence-corrected chi connectivity index (χ1v) is 14.0. The quantitative estimate of drug-likeness (QED) is 0.389. The Morgan fingerprint density at radius 2 is 1.46 bits per heavy atom. The van der Waals surface area contributed by atoms with E-state index in [0.717, 1.165) is 39.6 Å². The Bertz CT molecular complexity index is 584. The fraction of sp³-hybridized carbons (Fsp3) is 0.826. The maximum absolute atomic E-state index is 14.3. The van der Waals surface area contributed by atoms with E-state index in [1.165, 1.54) is 38.5 Å². The molecule has 3 aliphatic rings. The highest BCUT2D eigenvalue weighted by Crippen LogP contribution is 2.64. The van der Waals surface area contributed by atoms with Gasteiger partial charge in [-0.1, -0.05) is 84.4 Å². The molecular formula is C23H40O3P2. The summed E-state index contributed by atoms with van der Waals surface area (Å²) in [4.78, 5) is 0. The van der Waals surface area contributed by atoms with E-state index < -0.39 is 7.60 Å². The highest BCUT2D eigenvalue weighted by Gasteiger charge is 2.42. The number of hydrogen-bond donors (Lipinski definition) is 0. The van der Waals surface area contributed by atoms with E-state index in [9.17, 15) is 4.57 Å². The van der Waals surface area contributed by atoms with E-state index in [4.69, 9.17) is 9.05 Å². The minimum Gasteiger partial charge on any atom is -0.302 e. The van der Waals surface area contributed by atoms with E-state index in [1.807, 2.05) is 6.08 Å². The first-order valence-electron chi connectivity index (χ1n) is 11.4. The van der Waals surface area contributed by atoms with Gasteiger partial charge in [0.25, 0.3) is 0 Å². The molecule has 0 aliphatic heterocycles. The summed E-state index contributed by atoms with van der Waals surface area (Å²) >= 11 is 0. The molecule has 0 saturated heterocycles. The van der Waals surface area contributed by atoms with Crippen molar-refractivity contribution >= 4 is 16.2 Å². The zero-order chi connectivity index (χ0) is 20.2. The number of hydrogen-bond acceptors (Lipinski definition) is 3. The Morgan fingerprint density at radius 3 is 1.93 bits per heavy atom. The summed E-state index contributed by atoms with van der Waals surface area (Å²) in [6.45, 7) is 9.17. The highest BCUT2D eigenvalue weighted by molar-refractivity contribution is 7.58. The molecule has 3 atom stereocenters. The summed E-state index contributed by atoms with van der Waals surface area (Å²) in [5.41, 5.74) is 0.447. The van der Waals surface area contributed by atoms with Crippen LogP contribution in [0.5, 0.6) is 0 Å². The molecule has 0 spiro atoms. The SMILES string of the molecule is C[C@@H](PC(C)(C)C)C1C=CC=C1P(=O)(OC1CCCCC1)OC1CCCCC1. The van der Waals surface area contributed by atoms with Gasteiger partial charge in [-0.25, -0.2) is 0 Å².